The fraction of sp³-hybridized carbons (Fsp3) is 0.613. The molecule has 4 rings (SSSR count). The first kappa shape index (κ1) is 30.5. The highest BCUT2D eigenvalue weighted by atomic mass is 35.5. The molecule has 2 aromatic rings. The van der Waals surface area contributed by atoms with E-state index in [9.17, 15) is 9.59 Å². The fourth-order valence-corrected chi connectivity index (χ4v) is 6.93. The molecule has 1 saturated heterocycles. The van der Waals surface area contributed by atoms with Crippen molar-refractivity contribution in [1.82, 2.24) is 25.1 Å². The van der Waals surface area contributed by atoms with E-state index in [0.717, 1.165) is 49.8 Å². The average Bonchev–Trinajstić information content (AvgIpc) is 3.38. The van der Waals surface area contributed by atoms with Crippen LogP contribution < -0.4 is 10.6 Å². The number of aromatic nitrogens is 2. The Morgan fingerprint density at radius 3 is 2.48 bits per heavy atom. The van der Waals surface area contributed by atoms with Crippen LogP contribution >= 0.6 is 23.8 Å². The first-order chi connectivity index (χ1) is 19.3. The van der Waals surface area contributed by atoms with E-state index in [1.165, 1.54) is 19.3 Å². The van der Waals surface area contributed by atoms with Crippen LogP contribution in [0.2, 0.25) is 5.02 Å². The molecule has 7 nitrogen and oxygen atoms in total. The molecule has 1 amide bonds. The number of benzene rings is 1. The first-order valence-corrected chi connectivity index (χ1v) is 15.7. The molecule has 2 heterocycles. The van der Waals surface area contributed by atoms with E-state index in [2.05, 4.69) is 22.5 Å². The number of ketones is 1. The molecule has 1 saturated carbocycles. The summed E-state index contributed by atoms with van der Waals surface area (Å²) in [5.41, 5.74) is 1.73. The molecule has 40 heavy (non-hydrogen) atoms. The predicted octanol–water partition coefficient (Wildman–Crippen LogP) is 5.25. The SMILES string of the molecule is CCCC(=O)C1(C2CCCCC2)CCN(C(=O)C(Cc2ccc(Cl)cc2)NC(=S)NCCc2cn(C)cn2)CC1. The number of thiocarbonyl (C=S) groups is 1. The van der Waals surface area contributed by atoms with Crippen molar-refractivity contribution in [2.24, 2.45) is 18.4 Å². The summed E-state index contributed by atoms with van der Waals surface area (Å²) < 4.78 is 1.92. The van der Waals surface area contributed by atoms with Crippen molar-refractivity contribution >= 4 is 40.6 Å². The van der Waals surface area contributed by atoms with Crippen molar-refractivity contribution < 1.29 is 9.59 Å². The van der Waals surface area contributed by atoms with Gasteiger partial charge in [0, 0.05) is 62.6 Å². The zero-order valence-corrected chi connectivity index (χ0v) is 25.5. The van der Waals surface area contributed by atoms with Crippen LogP contribution in [0.5, 0.6) is 0 Å². The quantitative estimate of drug-likeness (QED) is 0.351. The molecule has 2 N–H and O–H groups in total. The molecule has 0 radical (unpaired) electrons. The van der Waals surface area contributed by atoms with Crippen LogP contribution in [0.4, 0.5) is 0 Å². The molecule has 1 aromatic heterocycles. The van der Waals surface area contributed by atoms with Gasteiger partial charge in [-0.15, -0.1) is 0 Å². The molecule has 1 atom stereocenters. The van der Waals surface area contributed by atoms with Gasteiger partial charge in [-0.1, -0.05) is 49.9 Å². The van der Waals surface area contributed by atoms with Gasteiger partial charge in [0.2, 0.25) is 5.91 Å². The lowest BCUT2D eigenvalue weighted by Crippen LogP contribution is -2.56. The number of likely N-dealkylation sites (tertiary alicyclic amines) is 1. The van der Waals surface area contributed by atoms with Crippen molar-refractivity contribution in [2.75, 3.05) is 19.6 Å². The number of piperidine rings is 1. The van der Waals surface area contributed by atoms with Gasteiger partial charge in [0.25, 0.3) is 0 Å². The highest BCUT2D eigenvalue weighted by Gasteiger charge is 2.47. The molecule has 1 unspecified atom stereocenters. The molecular weight excluding hydrogens is 542 g/mol. The largest absolute Gasteiger partial charge is 0.362 e. The summed E-state index contributed by atoms with van der Waals surface area (Å²) in [6.07, 6.45) is 14.0. The second kappa shape index (κ2) is 14.4. The van der Waals surface area contributed by atoms with Gasteiger partial charge in [-0.2, -0.15) is 0 Å². The number of imidazole rings is 1. The normalized spacial score (nSPS) is 18.2. The van der Waals surface area contributed by atoms with Crippen LogP contribution in [0.1, 0.15) is 76.0 Å². The third-order valence-electron chi connectivity index (χ3n) is 8.77. The van der Waals surface area contributed by atoms with Gasteiger partial charge in [-0.3, -0.25) is 9.59 Å². The van der Waals surface area contributed by atoms with E-state index in [-0.39, 0.29) is 11.3 Å². The minimum Gasteiger partial charge on any atom is -0.362 e. The molecule has 1 aromatic carbocycles. The maximum atomic E-state index is 13.9. The Labute approximate surface area is 249 Å². The average molecular weight is 586 g/mol. The summed E-state index contributed by atoms with van der Waals surface area (Å²) in [5, 5.41) is 7.66. The molecule has 1 aliphatic carbocycles. The Morgan fingerprint density at radius 1 is 1.15 bits per heavy atom. The number of halogens is 1. The fourth-order valence-electron chi connectivity index (χ4n) is 6.56. The number of aryl methyl sites for hydroxylation is 1. The zero-order valence-electron chi connectivity index (χ0n) is 24.0. The Morgan fingerprint density at radius 2 is 1.85 bits per heavy atom. The van der Waals surface area contributed by atoms with E-state index in [1.54, 1.807) is 6.33 Å². The molecule has 2 fully saturated rings. The number of amides is 1. The highest BCUT2D eigenvalue weighted by Crippen LogP contribution is 2.47. The number of Topliss-reactive ketones (excluding diaryl/α,β-unsaturated/α-hetero) is 1. The number of hydrogen-bond donors (Lipinski definition) is 2. The minimum atomic E-state index is -0.510. The van der Waals surface area contributed by atoms with E-state index in [0.29, 0.717) is 54.3 Å². The van der Waals surface area contributed by atoms with Crippen LogP contribution in [0.3, 0.4) is 0 Å². The zero-order chi connectivity index (χ0) is 28.5. The van der Waals surface area contributed by atoms with Crippen LogP contribution in [0, 0.1) is 11.3 Å². The summed E-state index contributed by atoms with van der Waals surface area (Å²) in [5.74, 6) is 0.906. The number of nitrogens with zero attached hydrogens (tertiary/aromatic N) is 3. The summed E-state index contributed by atoms with van der Waals surface area (Å²) in [6.45, 7) is 3.94. The number of carbonyl (C=O) groups is 2. The van der Waals surface area contributed by atoms with Crippen molar-refractivity contribution in [1.29, 1.82) is 0 Å². The maximum Gasteiger partial charge on any atom is 0.245 e. The molecular formula is C31H44ClN5O2S. The number of carbonyl (C=O) groups excluding carboxylic acids is 2. The van der Waals surface area contributed by atoms with E-state index in [4.69, 9.17) is 23.8 Å². The van der Waals surface area contributed by atoms with Gasteiger partial charge in [-0.05, 0) is 67.9 Å². The van der Waals surface area contributed by atoms with Crippen LogP contribution in [-0.2, 0) is 29.5 Å². The maximum absolute atomic E-state index is 13.9. The molecule has 0 spiro atoms. The lowest BCUT2D eigenvalue weighted by atomic mass is 9.61. The van der Waals surface area contributed by atoms with E-state index < -0.39 is 6.04 Å². The molecule has 9 heteroatoms. The standard InChI is InChI=1S/C31H44ClN5O2S/c1-3-7-28(38)31(24-8-5-4-6-9-24)15-18-37(19-16-31)29(39)27(20-23-10-12-25(32)13-11-23)35-30(40)33-17-14-26-21-36(2)22-34-26/h10-13,21-22,24,27H,3-9,14-20H2,1-2H3,(H2,33,35,40). The van der Waals surface area contributed by atoms with Gasteiger partial charge < -0.3 is 20.1 Å². The van der Waals surface area contributed by atoms with Crippen molar-refractivity contribution in [3.05, 3.63) is 53.1 Å². The Hall–Kier alpha value is -2.45. The number of nitrogens with one attached hydrogen (secondary N) is 2. The predicted molar refractivity (Wildman–Crippen MR) is 164 cm³/mol. The lowest BCUT2D eigenvalue weighted by Gasteiger charge is -2.47. The molecule has 218 valence electrons. The minimum absolute atomic E-state index is 0.0315. The smallest absolute Gasteiger partial charge is 0.245 e. The van der Waals surface area contributed by atoms with Crippen LogP contribution in [0.15, 0.2) is 36.8 Å². The van der Waals surface area contributed by atoms with Gasteiger partial charge >= 0.3 is 0 Å². The topological polar surface area (TPSA) is 79.3 Å². The summed E-state index contributed by atoms with van der Waals surface area (Å²) in [6, 6.07) is 7.09. The molecule has 0 bridgehead atoms. The number of hydrogen-bond acceptors (Lipinski definition) is 4. The van der Waals surface area contributed by atoms with Gasteiger partial charge in [0.15, 0.2) is 5.11 Å². The third-order valence-corrected chi connectivity index (χ3v) is 9.28. The van der Waals surface area contributed by atoms with Crippen molar-refractivity contribution in [3.8, 4) is 0 Å². The number of rotatable bonds is 11. The van der Waals surface area contributed by atoms with Gasteiger partial charge in [-0.25, -0.2) is 4.98 Å². The summed E-state index contributed by atoms with van der Waals surface area (Å²) >= 11 is 11.7. The van der Waals surface area contributed by atoms with E-state index in [1.807, 2.05) is 47.0 Å². The highest BCUT2D eigenvalue weighted by molar-refractivity contribution is 7.80. The van der Waals surface area contributed by atoms with Crippen molar-refractivity contribution in [2.45, 2.75) is 83.6 Å². The monoisotopic (exact) mass is 585 g/mol. The second-order valence-corrected chi connectivity index (χ2v) is 12.4. The van der Waals surface area contributed by atoms with Crippen molar-refractivity contribution in [3.63, 3.8) is 0 Å². The lowest BCUT2D eigenvalue weighted by molar-refractivity contribution is -0.144. The molecule has 2 aliphatic rings. The Bertz CT molecular complexity index is 1140. The van der Waals surface area contributed by atoms with E-state index >= 15 is 0 Å². The van der Waals surface area contributed by atoms with Gasteiger partial charge in [0.1, 0.15) is 11.8 Å². The Kier molecular flexibility index (Phi) is 11.0. The van der Waals surface area contributed by atoms with Gasteiger partial charge in [0.05, 0.1) is 12.0 Å². The second-order valence-electron chi connectivity index (χ2n) is 11.6. The van der Waals surface area contributed by atoms with Crippen LogP contribution in [0.25, 0.3) is 0 Å². The summed E-state index contributed by atoms with van der Waals surface area (Å²) in [7, 11) is 1.95. The Balaban J connectivity index is 1.42. The molecule has 1 aliphatic heterocycles. The van der Waals surface area contributed by atoms with Crippen LogP contribution in [-0.4, -0.2) is 56.9 Å². The summed E-state index contributed by atoms with van der Waals surface area (Å²) in [4.78, 5) is 33.7. The third kappa shape index (κ3) is 7.84. The first-order valence-electron chi connectivity index (χ1n) is 14.9.